The van der Waals surface area contributed by atoms with Crippen molar-refractivity contribution in [2.45, 2.75) is 33.4 Å². The summed E-state index contributed by atoms with van der Waals surface area (Å²) >= 11 is 0. The van der Waals surface area contributed by atoms with Gasteiger partial charge in [-0.2, -0.15) is 0 Å². The van der Waals surface area contributed by atoms with E-state index in [0.29, 0.717) is 12.1 Å². The van der Waals surface area contributed by atoms with Crippen LogP contribution >= 0.6 is 0 Å². The molecule has 0 saturated heterocycles. The number of anilines is 1. The summed E-state index contributed by atoms with van der Waals surface area (Å²) in [4.78, 5) is 2.03. The maximum absolute atomic E-state index is 13.7. The van der Waals surface area contributed by atoms with E-state index in [1.165, 1.54) is 6.07 Å². The zero-order valence-corrected chi connectivity index (χ0v) is 12.4. The fourth-order valence-electron chi connectivity index (χ4n) is 2.27. The number of aryl methyl sites for hydroxylation is 2. The van der Waals surface area contributed by atoms with Crippen LogP contribution in [0.5, 0.6) is 0 Å². The second kappa shape index (κ2) is 5.67. The first-order valence-electron chi connectivity index (χ1n) is 6.70. The van der Waals surface area contributed by atoms with Gasteiger partial charge in [-0.1, -0.05) is 0 Å². The van der Waals surface area contributed by atoms with E-state index in [4.69, 9.17) is 10.2 Å². The Morgan fingerprint density at radius 2 is 2.00 bits per heavy atom. The van der Waals surface area contributed by atoms with Gasteiger partial charge in [0.1, 0.15) is 17.3 Å². The van der Waals surface area contributed by atoms with Gasteiger partial charge in [0.15, 0.2) is 0 Å². The molecule has 0 aliphatic carbocycles. The molecule has 0 radical (unpaired) electrons. The van der Waals surface area contributed by atoms with Gasteiger partial charge in [0.2, 0.25) is 0 Å². The van der Waals surface area contributed by atoms with Crippen LogP contribution in [0.1, 0.15) is 35.6 Å². The average Bonchev–Trinajstić information content (AvgIpc) is 2.77. The van der Waals surface area contributed by atoms with Crippen molar-refractivity contribution in [1.29, 1.82) is 0 Å². The first kappa shape index (κ1) is 14.6. The monoisotopic (exact) mass is 276 g/mol. The van der Waals surface area contributed by atoms with Crippen LogP contribution in [0.4, 0.5) is 10.1 Å². The Hall–Kier alpha value is -1.81. The minimum Gasteiger partial charge on any atom is -0.464 e. The molecular formula is C16H21FN2O. The molecule has 0 bridgehead atoms. The van der Waals surface area contributed by atoms with Crippen molar-refractivity contribution in [1.82, 2.24) is 0 Å². The van der Waals surface area contributed by atoms with Crippen LogP contribution in [-0.4, -0.2) is 7.05 Å². The van der Waals surface area contributed by atoms with Crippen LogP contribution in [-0.2, 0) is 6.54 Å². The van der Waals surface area contributed by atoms with Crippen LogP contribution in [0.3, 0.4) is 0 Å². The van der Waals surface area contributed by atoms with Gasteiger partial charge in [-0.15, -0.1) is 0 Å². The van der Waals surface area contributed by atoms with E-state index in [9.17, 15) is 4.39 Å². The number of furan rings is 1. The van der Waals surface area contributed by atoms with Gasteiger partial charge in [0.05, 0.1) is 6.54 Å². The first-order chi connectivity index (χ1) is 9.38. The molecule has 0 aliphatic rings. The molecule has 0 aliphatic heterocycles. The third-order valence-corrected chi connectivity index (χ3v) is 3.40. The highest BCUT2D eigenvalue weighted by molar-refractivity contribution is 5.56. The summed E-state index contributed by atoms with van der Waals surface area (Å²) in [6, 6.07) is 7.03. The lowest BCUT2D eigenvalue weighted by atomic mass is 10.0. The van der Waals surface area contributed by atoms with Crippen molar-refractivity contribution in [2.24, 2.45) is 5.73 Å². The Balaban J connectivity index is 2.33. The minimum absolute atomic E-state index is 0.219. The highest BCUT2D eigenvalue weighted by atomic mass is 19.1. The van der Waals surface area contributed by atoms with Crippen molar-refractivity contribution in [3.63, 3.8) is 0 Å². The minimum atomic E-state index is -0.221. The van der Waals surface area contributed by atoms with Crippen LogP contribution < -0.4 is 10.6 Å². The van der Waals surface area contributed by atoms with Crippen molar-refractivity contribution in [2.75, 3.05) is 11.9 Å². The van der Waals surface area contributed by atoms with Crippen molar-refractivity contribution in [3.05, 3.63) is 52.7 Å². The lowest BCUT2D eigenvalue weighted by molar-refractivity contribution is 0.481. The molecule has 2 N–H and O–H groups in total. The predicted molar refractivity (Wildman–Crippen MR) is 79.3 cm³/mol. The quantitative estimate of drug-likeness (QED) is 0.926. The number of halogens is 1. The van der Waals surface area contributed by atoms with Gasteiger partial charge < -0.3 is 15.1 Å². The molecule has 20 heavy (non-hydrogen) atoms. The number of nitrogens with zero attached hydrogens (tertiary/aromatic N) is 1. The van der Waals surface area contributed by atoms with Crippen LogP contribution in [0.15, 0.2) is 28.7 Å². The number of nitrogens with two attached hydrogens (primary N) is 1. The lowest BCUT2D eigenvalue weighted by Crippen LogP contribution is -2.20. The standard InChI is InChI=1S/C16H21FN2O/c1-10-7-16(14(12(3)18)8-15(10)17)19(4)9-13-6-5-11(2)20-13/h5-8,12H,9,18H2,1-4H3. The zero-order valence-electron chi connectivity index (χ0n) is 12.4. The Bertz CT molecular complexity index is 605. The molecule has 1 unspecified atom stereocenters. The van der Waals surface area contributed by atoms with Gasteiger partial charge in [-0.05, 0) is 56.2 Å². The molecule has 0 saturated carbocycles. The van der Waals surface area contributed by atoms with Gasteiger partial charge >= 0.3 is 0 Å². The van der Waals surface area contributed by atoms with E-state index in [-0.39, 0.29) is 11.9 Å². The molecule has 1 aromatic heterocycles. The third-order valence-electron chi connectivity index (χ3n) is 3.40. The number of benzene rings is 1. The summed E-state index contributed by atoms with van der Waals surface area (Å²) < 4.78 is 19.3. The predicted octanol–water partition coefficient (Wildman–Crippen LogP) is 3.69. The average molecular weight is 276 g/mol. The molecule has 1 heterocycles. The lowest BCUT2D eigenvalue weighted by Gasteiger charge is -2.24. The molecule has 0 fully saturated rings. The molecule has 0 amide bonds. The third kappa shape index (κ3) is 3.02. The molecule has 4 heteroatoms. The smallest absolute Gasteiger partial charge is 0.126 e. The first-order valence-corrected chi connectivity index (χ1v) is 6.70. The summed E-state index contributed by atoms with van der Waals surface area (Å²) in [6.45, 7) is 6.16. The number of hydrogen-bond donors (Lipinski definition) is 1. The van der Waals surface area contributed by atoms with Crippen molar-refractivity contribution in [3.8, 4) is 0 Å². The maximum Gasteiger partial charge on any atom is 0.126 e. The van der Waals surface area contributed by atoms with E-state index in [0.717, 1.165) is 22.8 Å². The van der Waals surface area contributed by atoms with E-state index in [1.54, 1.807) is 6.92 Å². The molecule has 108 valence electrons. The fraction of sp³-hybridized carbons (Fsp3) is 0.375. The van der Waals surface area contributed by atoms with Crippen molar-refractivity contribution >= 4 is 5.69 Å². The highest BCUT2D eigenvalue weighted by Crippen LogP contribution is 2.28. The summed E-state index contributed by atoms with van der Waals surface area (Å²) in [5.74, 6) is 1.54. The number of hydrogen-bond acceptors (Lipinski definition) is 3. The van der Waals surface area contributed by atoms with E-state index in [1.807, 2.05) is 44.0 Å². The normalized spacial score (nSPS) is 12.5. The maximum atomic E-state index is 13.7. The van der Waals surface area contributed by atoms with Crippen molar-refractivity contribution < 1.29 is 8.81 Å². The number of rotatable bonds is 4. The summed E-state index contributed by atoms with van der Waals surface area (Å²) in [6.07, 6.45) is 0. The van der Waals surface area contributed by atoms with Crippen LogP contribution in [0.2, 0.25) is 0 Å². The second-order valence-corrected chi connectivity index (χ2v) is 5.32. The molecule has 1 aromatic carbocycles. The largest absolute Gasteiger partial charge is 0.464 e. The van der Waals surface area contributed by atoms with Crippen LogP contribution in [0.25, 0.3) is 0 Å². The molecule has 2 aromatic rings. The summed E-state index contributed by atoms with van der Waals surface area (Å²) in [5, 5.41) is 0. The van der Waals surface area contributed by atoms with Crippen LogP contribution in [0, 0.1) is 19.7 Å². The SMILES string of the molecule is Cc1ccc(CN(C)c2cc(C)c(F)cc2C(C)N)o1. The molecule has 1 atom stereocenters. The van der Waals surface area contributed by atoms with Gasteiger partial charge in [-0.25, -0.2) is 4.39 Å². The fourth-order valence-corrected chi connectivity index (χ4v) is 2.27. The molecule has 3 nitrogen and oxygen atoms in total. The summed E-state index contributed by atoms with van der Waals surface area (Å²) in [7, 11) is 1.95. The van der Waals surface area contributed by atoms with E-state index >= 15 is 0 Å². The Morgan fingerprint density at radius 1 is 1.30 bits per heavy atom. The molecular weight excluding hydrogens is 255 g/mol. The van der Waals surface area contributed by atoms with Gasteiger partial charge in [0, 0.05) is 18.8 Å². The van der Waals surface area contributed by atoms with E-state index < -0.39 is 0 Å². The van der Waals surface area contributed by atoms with E-state index in [2.05, 4.69) is 0 Å². The Labute approximate surface area is 119 Å². The van der Waals surface area contributed by atoms with Gasteiger partial charge in [-0.3, -0.25) is 0 Å². The molecule has 2 rings (SSSR count). The second-order valence-electron chi connectivity index (χ2n) is 5.32. The highest BCUT2D eigenvalue weighted by Gasteiger charge is 2.15. The topological polar surface area (TPSA) is 42.4 Å². The van der Waals surface area contributed by atoms with Gasteiger partial charge in [0.25, 0.3) is 0 Å². The zero-order chi connectivity index (χ0) is 14.9. The Morgan fingerprint density at radius 3 is 2.55 bits per heavy atom. The Kier molecular flexibility index (Phi) is 4.14. The molecule has 0 spiro atoms. The summed E-state index contributed by atoms with van der Waals surface area (Å²) in [5.41, 5.74) is 8.31.